The lowest BCUT2D eigenvalue weighted by Gasteiger charge is -2.22. The molecule has 2 amide bonds. The molecule has 7 heteroatoms. The molecule has 0 aromatic carbocycles. The van der Waals surface area contributed by atoms with Gasteiger partial charge in [0, 0.05) is 18.6 Å². The van der Waals surface area contributed by atoms with Crippen molar-refractivity contribution in [1.29, 1.82) is 0 Å². The molecule has 1 aliphatic carbocycles. The number of imidazole rings is 1. The summed E-state index contributed by atoms with van der Waals surface area (Å²) in [5.41, 5.74) is 0.508. The molecule has 1 saturated carbocycles. The first-order valence-electron chi connectivity index (χ1n) is 6.89. The van der Waals surface area contributed by atoms with E-state index in [-0.39, 0.29) is 23.3 Å². The topological polar surface area (TPSA) is 71.8 Å². The second kappa shape index (κ2) is 6.13. The van der Waals surface area contributed by atoms with Gasteiger partial charge in [-0.25, -0.2) is 14.8 Å². The third-order valence-electron chi connectivity index (χ3n) is 3.71. The highest BCUT2D eigenvalue weighted by Gasteiger charge is 2.29. The second-order valence-electron chi connectivity index (χ2n) is 5.05. The van der Waals surface area contributed by atoms with Crippen molar-refractivity contribution in [3.05, 3.63) is 42.2 Å². The smallest absolute Gasteiger partial charge is 0.319 e. The van der Waals surface area contributed by atoms with Crippen molar-refractivity contribution in [2.45, 2.75) is 31.3 Å². The lowest BCUT2D eigenvalue weighted by atomic mass is 10.2. The zero-order chi connectivity index (χ0) is 14.7. The Kier molecular flexibility index (Phi) is 4.06. The standard InChI is InChI=1S/C14H16ClN5O/c15-13-11(4-2-6-17-13)19-14(21)18-10-3-1-5-12(10)20-8-7-16-9-20/h2,4,6-10,12H,1,3,5H2,(H2,18,19,21). The van der Waals surface area contributed by atoms with Crippen LogP contribution in [0.4, 0.5) is 10.5 Å². The SMILES string of the molecule is O=C(Nc1cccnc1Cl)NC1CCCC1n1ccnc1. The molecule has 0 aliphatic heterocycles. The summed E-state index contributed by atoms with van der Waals surface area (Å²) in [6, 6.07) is 3.53. The van der Waals surface area contributed by atoms with Gasteiger partial charge in [-0.3, -0.25) is 0 Å². The fourth-order valence-electron chi connectivity index (χ4n) is 2.74. The van der Waals surface area contributed by atoms with Crippen LogP contribution in [-0.4, -0.2) is 26.6 Å². The average molecular weight is 306 g/mol. The molecule has 2 aromatic rings. The van der Waals surface area contributed by atoms with Gasteiger partial charge in [-0.05, 0) is 31.4 Å². The molecule has 6 nitrogen and oxygen atoms in total. The van der Waals surface area contributed by atoms with Crippen molar-refractivity contribution < 1.29 is 4.79 Å². The van der Waals surface area contributed by atoms with E-state index in [1.807, 2.05) is 6.20 Å². The number of rotatable bonds is 3. The number of carbonyl (C=O) groups is 1. The molecule has 2 N–H and O–H groups in total. The zero-order valence-electron chi connectivity index (χ0n) is 11.4. The van der Waals surface area contributed by atoms with Crippen LogP contribution in [0.25, 0.3) is 0 Å². The van der Waals surface area contributed by atoms with Gasteiger partial charge in [-0.15, -0.1) is 0 Å². The molecule has 1 fully saturated rings. The van der Waals surface area contributed by atoms with E-state index in [4.69, 9.17) is 11.6 Å². The minimum atomic E-state index is -0.262. The van der Waals surface area contributed by atoms with Crippen molar-refractivity contribution in [1.82, 2.24) is 19.9 Å². The molecule has 110 valence electrons. The Labute approximate surface area is 127 Å². The zero-order valence-corrected chi connectivity index (χ0v) is 12.1. The minimum absolute atomic E-state index is 0.0923. The molecule has 21 heavy (non-hydrogen) atoms. The first kappa shape index (κ1) is 13.9. The summed E-state index contributed by atoms with van der Waals surface area (Å²) in [5, 5.41) is 6.02. The highest BCUT2D eigenvalue weighted by Crippen LogP contribution is 2.30. The average Bonchev–Trinajstić information content (AvgIpc) is 3.11. The van der Waals surface area contributed by atoms with Crippen LogP contribution in [-0.2, 0) is 0 Å². The summed E-state index contributed by atoms with van der Waals surface area (Å²) in [5.74, 6) is 0. The number of nitrogens with zero attached hydrogens (tertiary/aromatic N) is 3. The number of anilines is 1. The summed E-state index contributed by atoms with van der Waals surface area (Å²) in [6.07, 6.45) is 10.1. The summed E-state index contributed by atoms with van der Waals surface area (Å²) in [6.45, 7) is 0. The van der Waals surface area contributed by atoms with E-state index in [2.05, 4.69) is 25.2 Å². The lowest BCUT2D eigenvalue weighted by molar-refractivity contribution is 0.245. The Morgan fingerprint density at radius 2 is 2.29 bits per heavy atom. The van der Waals surface area contributed by atoms with Gasteiger partial charge >= 0.3 is 6.03 Å². The Morgan fingerprint density at radius 1 is 1.38 bits per heavy atom. The molecule has 2 atom stereocenters. The lowest BCUT2D eigenvalue weighted by Crippen LogP contribution is -2.40. The number of urea groups is 1. The van der Waals surface area contributed by atoms with Crippen LogP contribution in [0.2, 0.25) is 5.15 Å². The van der Waals surface area contributed by atoms with Crippen LogP contribution in [0.1, 0.15) is 25.3 Å². The van der Waals surface area contributed by atoms with E-state index >= 15 is 0 Å². The molecule has 2 heterocycles. The summed E-state index contributed by atoms with van der Waals surface area (Å²) in [4.78, 5) is 20.1. The van der Waals surface area contributed by atoms with Gasteiger partial charge in [0.2, 0.25) is 0 Å². The van der Waals surface area contributed by atoms with E-state index in [0.717, 1.165) is 19.3 Å². The third kappa shape index (κ3) is 3.16. The Hall–Kier alpha value is -2.08. The van der Waals surface area contributed by atoms with Gasteiger partial charge in [-0.2, -0.15) is 0 Å². The van der Waals surface area contributed by atoms with Crippen LogP contribution in [0, 0.1) is 0 Å². The Morgan fingerprint density at radius 3 is 3.05 bits per heavy atom. The number of amides is 2. The summed E-state index contributed by atoms with van der Waals surface area (Å²) in [7, 11) is 0. The summed E-state index contributed by atoms with van der Waals surface area (Å²) >= 11 is 5.93. The number of pyridine rings is 1. The molecular weight excluding hydrogens is 290 g/mol. The monoisotopic (exact) mass is 305 g/mol. The van der Waals surface area contributed by atoms with Crippen molar-refractivity contribution >= 4 is 23.3 Å². The van der Waals surface area contributed by atoms with Gasteiger partial charge in [0.15, 0.2) is 5.15 Å². The molecule has 3 rings (SSSR count). The molecule has 0 bridgehead atoms. The summed E-state index contributed by atoms with van der Waals surface area (Å²) < 4.78 is 2.05. The van der Waals surface area contributed by atoms with Crippen LogP contribution in [0.3, 0.4) is 0 Å². The molecule has 0 spiro atoms. The van der Waals surface area contributed by atoms with Crippen LogP contribution in [0.15, 0.2) is 37.1 Å². The van der Waals surface area contributed by atoms with E-state index in [1.165, 1.54) is 0 Å². The highest BCUT2D eigenvalue weighted by molar-refractivity contribution is 6.32. The second-order valence-corrected chi connectivity index (χ2v) is 5.41. The fourth-order valence-corrected chi connectivity index (χ4v) is 2.90. The molecule has 1 aliphatic rings. The predicted molar refractivity (Wildman–Crippen MR) is 80.3 cm³/mol. The van der Waals surface area contributed by atoms with Crippen molar-refractivity contribution in [3.63, 3.8) is 0 Å². The van der Waals surface area contributed by atoms with E-state index in [1.54, 1.807) is 30.9 Å². The number of hydrogen-bond donors (Lipinski definition) is 2. The minimum Gasteiger partial charge on any atom is -0.333 e. The number of aromatic nitrogens is 3. The molecule has 2 aromatic heterocycles. The van der Waals surface area contributed by atoms with E-state index < -0.39 is 0 Å². The van der Waals surface area contributed by atoms with Gasteiger partial charge in [0.1, 0.15) is 0 Å². The number of carbonyl (C=O) groups excluding carboxylic acids is 1. The van der Waals surface area contributed by atoms with Crippen molar-refractivity contribution in [2.24, 2.45) is 0 Å². The fraction of sp³-hybridized carbons (Fsp3) is 0.357. The van der Waals surface area contributed by atoms with Gasteiger partial charge < -0.3 is 15.2 Å². The van der Waals surface area contributed by atoms with E-state index in [0.29, 0.717) is 5.69 Å². The maximum absolute atomic E-state index is 12.1. The normalized spacial score (nSPS) is 21.2. The maximum atomic E-state index is 12.1. The predicted octanol–water partition coefficient (Wildman–Crippen LogP) is 2.85. The van der Waals surface area contributed by atoms with Crippen LogP contribution >= 0.6 is 11.6 Å². The molecule has 0 radical (unpaired) electrons. The quantitative estimate of drug-likeness (QED) is 0.857. The van der Waals surface area contributed by atoms with Gasteiger partial charge in [0.05, 0.1) is 24.1 Å². The number of hydrogen-bond acceptors (Lipinski definition) is 3. The van der Waals surface area contributed by atoms with Gasteiger partial charge in [0.25, 0.3) is 0 Å². The van der Waals surface area contributed by atoms with Crippen LogP contribution in [0.5, 0.6) is 0 Å². The van der Waals surface area contributed by atoms with Crippen LogP contribution < -0.4 is 10.6 Å². The maximum Gasteiger partial charge on any atom is 0.319 e. The molecule has 2 unspecified atom stereocenters. The number of halogens is 1. The number of nitrogens with one attached hydrogen (secondary N) is 2. The van der Waals surface area contributed by atoms with E-state index in [9.17, 15) is 4.79 Å². The van der Waals surface area contributed by atoms with Crippen molar-refractivity contribution in [3.8, 4) is 0 Å². The Balaban J connectivity index is 1.63. The molecular formula is C14H16ClN5O. The Bertz CT molecular complexity index is 616. The third-order valence-corrected chi connectivity index (χ3v) is 4.01. The largest absolute Gasteiger partial charge is 0.333 e. The molecule has 0 saturated heterocycles. The first-order valence-corrected chi connectivity index (χ1v) is 7.27. The highest BCUT2D eigenvalue weighted by atomic mass is 35.5. The van der Waals surface area contributed by atoms with Gasteiger partial charge in [-0.1, -0.05) is 11.6 Å². The van der Waals surface area contributed by atoms with Crippen molar-refractivity contribution in [2.75, 3.05) is 5.32 Å². The first-order chi connectivity index (χ1) is 10.2.